The number of nitrogens with one attached hydrogen (secondary N) is 1. The smallest absolute Gasteiger partial charge is 0.243 e. The maximum absolute atomic E-state index is 12.8. The molecule has 1 amide bonds. The van der Waals surface area contributed by atoms with Crippen LogP contribution in [0.2, 0.25) is 0 Å². The second-order valence-electron chi connectivity index (χ2n) is 5.72. The number of carbonyl (C=O) groups excluding carboxylic acids is 2. The zero-order valence-corrected chi connectivity index (χ0v) is 17.1. The van der Waals surface area contributed by atoms with Crippen molar-refractivity contribution in [2.45, 2.75) is 11.8 Å². The van der Waals surface area contributed by atoms with Gasteiger partial charge in [0, 0.05) is 22.3 Å². The summed E-state index contributed by atoms with van der Waals surface area (Å²) in [5.74, 6) is -0.626. The van der Waals surface area contributed by atoms with Crippen LogP contribution in [0.4, 0.5) is 5.69 Å². The van der Waals surface area contributed by atoms with E-state index in [2.05, 4.69) is 27.8 Å². The molecule has 0 aliphatic heterocycles. The number of benzene rings is 2. The molecule has 0 fully saturated rings. The maximum Gasteiger partial charge on any atom is 0.243 e. The van der Waals surface area contributed by atoms with Gasteiger partial charge >= 0.3 is 0 Å². The second kappa shape index (κ2) is 9.07. The lowest BCUT2D eigenvalue weighted by molar-refractivity contribution is -0.116. The first-order valence-electron chi connectivity index (χ1n) is 8.01. The number of sulfonamides is 1. The van der Waals surface area contributed by atoms with Crippen LogP contribution in [0.3, 0.4) is 0 Å². The Hall–Kier alpha value is -2.29. The van der Waals surface area contributed by atoms with E-state index in [1.54, 1.807) is 24.3 Å². The van der Waals surface area contributed by atoms with Crippen LogP contribution in [0.1, 0.15) is 17.3 Å². The molecule has 0 unspecified atom stereocenters. The number of hydrogen-bond acceptors (Lipinski definition) is 4. The van der Waals surface area contributed by atoms with E-state index < -0.39 is 15.9 Å². The van der Waals surface area contributed by atoms with Crippen molar-refractivity contribution in [1.29, 1.82) is 0 Å². The van der Waals surface area contributed by atoms with Gasteiger partial charge in [0.1, 0.15) is 0 Å². The van der Waals surface area contributed by atoms with Gasteiger partial charge in [0.25, 0.3) is 0 Å². The molecule has 0 aromatic heterocycles. The summed E-state index contributed by atoms with van der Waals surface area (Å²) in [6.45, 7) is 4.58. The number of rotatable bonds is 8. The molecule has 6 nitrogen and oxygen atoms in total. The molecule has 0 heterocycles. The third-order valence-corrected chi connectivity index (χ3v) is 6.03. The highest BCUT2D eigenvalue weighted by Gasteiger charge is 2.25. The van der Waals surface area contributed by atoms with E-state index in [0.29, 0.717) is 11.3 Å². The Morgan fingerprint density at radius 2 is 1.70 bits per heavy atom. The Kier molecular flexibility index (Phi) is 7.06. The van der Waals surface area contributed by atoms with E-state index in [1.165, 1.54) is 37.3 Å². The monoisotopic (exact) mass is 450 g/mol. The van der Waals surface area contributed by atoms with E-state index in [4.69, 9.17) is 0 Å². The number of anilines is 1. The molecule has 0 aliphatic carbocycles. The zero-order valence-electron chi connectivity index (χ0n) is 14.7. The largest absolute Gasteiger partial charge is 0.325 e. The Labute approximate surface area is 167 Å². The highest BCUT2D eigenvalue weighted by molar-refractivity contribution is 9.10. The number of nitrogens with zero attached hydrogens (tertiary/aromatic N) is 1. The quantitative estimate of drug-likeness (QED) is 0.492. The van der Waals surface area contributed by atoms with E-state index in [9.17, 15) is 18.0 Å². The highest BCUT2D eigenvalue weighted by atomic mass is 79.9. The van der Waals surface area contributed by atoms with Gasteiger partial charge in [0.15, 0.2) is 5.78 Å². The molecule has 0 bridgehead atoms. The molecule has 2 rings (SSSR count). The molecular weight excluding hydrogens is 432 g/mol. The van der Waals surface area contributed by atoms with Crippen LogP contribution in [0.25, 0.3) is 0 Å². The topological polar surface area (TPSA) is 83.6 Å². The second-order valence-corrected chi connectivity index (χ2v) is 8.58. The van der Waals surface area contributed by atoms with Crippen LogP contribution < -0.4 is 5.32 Å². The van der Waals surface area contributed by atoms with E-state index >= 15 is 0 Å². The summed E-state index contributed by atoms with van der Waals surface area (Å²) in [6, 6.07) is 12.6. The molecule has 0 saturated heterocycles. The average Bonchev–Trinajstić information content (AvgIpc) is 2.63. The lowest BCUT2D eigenvalue weighted by Crippen LogP contribution is -2.38. The molecule has 8 heteroatoms. The molecule has 0 atom stereocenters. The minimum absolute atomic E-state index is 0.00536. The zero-order chi connectivity index (χ0) is 20.0. The number of amides is 1. The van der Waals surface area contributed by atoms with E-state index in [1.807, 2.05) is 0 Å². The van der Waals surface area contributed by atoms with Gasteiger partial charge < -0.3 is 5.32 Å². The van der Waals surface area contributed by atoms with Gasteiger partial charge in [-0.25, -0.2) is 8.42 Å². The van der Waals surface area contributed by atoms with Crippen molar-refractivity contribution >= 4 is 43.3 Å². The molecule has 27 heavy (non-hydrogen) atoms. The molecule has 0 spiro atoms. The molecule has 2 aromatic rings. The minimum atomic E-state index is -3.92. The van der Waals surface area contributed by atoms with Crippen molar-refractivity contribution in [1.82, 2.24) is 4.31 Å². The fourth-order valence-corrected chi connectivity index (χ4v) is 3.93. The van der Waals surface area contributed by atoms with Gasteiger partial charge in [-0.05, 0) is 43.3 Å². The molecular formula is C19H19BrN2O4S. The van der Waals surface area contributed by atoms with Gasteiger partial charge in [-0.15, -0.1) is 6.58 Å². The molecule has 1 N–H and O–H groups in total. The van der Waals surface area contributed by atoms with Gasteiger partial charge in [-0.1, -0.05) is 34.1 Å². The summed E-state index contributed by atoms with van der Waals surface area (Å²) >= 11 is 3.31. The highest BCUT2D eigenvalue weighted by Crippen LogP contribution is 2.18. The summed E-state index contributed by atoms with van der Waals surface area (Å²) in [5, 5.41) is 2.66. The molecule has 0 radical (unpaired) electrons. The normalized spacial score (nSPS) is 11.2. The van der Waals surface area contributed by atoms with Gasteiger partial charge in [-0.3, -0.25) is 9.59 Å². The maximum atomic E-state index is 12.8. The van der Waals surface area contributed by atoms with Crippen LogP contribution in [0.5, 0.6) is 0 Å². The first kappa shape index (κ1) is 21.0. The molecule has 0 aliphatic rings. The summed E-state index contributed by atoms with van der Waals surface area (Å²) in [6.07, 6.45) is 1.41. The Morgan fingerprint density at radius 1 is 1.11 bits per heavy atom. The predicted octanol–water partition coefficient (Wildman–Crippen LogP) is 3.47. The lowest BCUT2D eigenvalue weighted by atomic mass is 10.2. The van der Waals surface area contributed by atoms with Crippen molar-refractivity contribution < 1.29 is 18.0 Å². The lowest BCUT2D eigenvalue weighted by Gasteiger charge is -2.20. The van der Waals surface area contributed by atoms with Crippen molar-refractivity contribution in [3.63, 3.8) is 0 Å². The third kappa shape index (κ3) is 5.59. The summed E-state index contributed by atoms with van der Waals surface area (Å²) in [7, 11) is -3.92. The van der Waals surface area contributed by atoms with Crippen molar-refractivity contribution in [3.05, 3.63) is 71.2 Å². The van der Waals surface area contributed by atoms with Crippen LogP contribution in [-0.2, 0) is 14.8 Å². The fraction of sp³-hybridized carbons (Fsp3) is 0.158. The van der Waals surface area contributed by atoms with E-state index in [-0.39, 0.29) is 23.8 Å². The molecule has 142 valence electrons. The molecule has 2 aromatic carbocycles. The van der Waals surface area contributed by atoms with Gasteiger partial charge in [0.2, 0.25) is 15.9 Å². The molecule has 0 saturated carbocycles. The fourth-order valence-electron chi connectivity index (χ4n) is 2.30. The standard InChI is InChI=1S/C19H19BrN2O4S/c1-3-12-22(13-19(24)21-17-8-6-16(20)7-9-17)27(25,26)18-10-4-15(5-11-18)14(2)23/h3-11H,1,12-13H2,2H3,(H,21,24). The number of Topliss-reactive ketones (excluding diaryl/α,β-unsaturated/α-hetero) is 1. The predicted molar refractivity (Wildman–Crippen MR) is 108 cm³/mol. The van der Waals surface area contributed by atoms with Gasteiger partial charge in [-0.2, -0.15) is 4.31 Å². The number of hydrogen-bond donors (Lipinski definition) is 1. The van der Waals surface area contributed by atoms with Crippen LogP contribution in [-0.4, -0.2) is 37.5 Å². The van der Waals surface area contributed by atoms with Gasteiger partial charge in [0.05, 0.1) is 11.4 Å². The average molecular weight is 451 g/mol. The van der Waals surface area contributed by atoms with Crippen LogP contribution in [0, 0.1) is 0 Å². The Balaban J connectivity index is 2.18. The summed E-state index contributed by atoms with van der Waals surface area (Å²) in [4.78, 5) is 23.7. The first-order chi connectivity index (χ1) is 12.7. The number of halogens is 1. The SMILES string of the molecule is C=CCN(CC(=O)Nc1ccc(Br)cc1)S(=O)(=O)c1ccc(C(C)=O)cc1. The van der Waals surface area contributed by atoms with Crippen molar-refractivity contribution in [2.24, 2.45) is 0 Å². The first-order valence-corrected chi connectivity index (χ1v) is 10.2. The van der Waals surface area contributed by atoms with Crippen LogP contribution >= 0.6 is 15.9 Å². The summed E-state index contributed by atoms with van der Waals surface area (Å²) in [5.41, 5.74) is 0.974. The number of carbonyl (C=O) groups is 2. The number of ketones is 1. The van der Waals surface area contributed by atoms with Crippen molar-refractivity contribution in [3.8, 4) is 0 Å². The Bertz CT molecular complexity index is 939. The van der Waals surface area contributed by atoms with Crippen LogP contribution in [0.15, 0.2) is 70.6 Å². The minimum Gasteiger partial charge on any atom is -0.325 e. The Morgan fingerprint density at radius 3 is 2.22 bits per heavy atom. The van der Waals surface area contributed by atoms with E-state index in [0.717, 1.165) is 8.78 Å². The van der Waals surface area contributed by atoms with Crippen molar-refractivity contribution in [2.75, 3.05) is 18.4 Å². The summed E-state index contributed by atoms with van der Waals surface area (Å²) < 4.78 is 27.6. The third-order valence-electron chi connectivity index (χ3n) is 3.68.